The molecule has 4 heteroatoms. The van der Waals surface area contributed by atoms with Gasteiger partial charge >= 0.3 is 6.03 Å². The molecule has 0 aliphatic carbocycles. The minimum absolute atomic E-state index is 0.255. The molecule has 1 aromatic carbocycles. The lowest BCUT2D eigenvalue weighted by Crippen LogP contribution is -2.19. The van der Waals surface area contributed by atoms with E-state index in [4.69, 9.17) is 0 Å². The van der Waals surface area contributed by atoms with Crippen LogP contribution in [0.25, 0.3) is 0 Å². The first-order valence-electron chi connectivity index (χ1n) is 4.63. The first-order valence-corrected chi connectivity index (χ1v) is 4.63. The fraction of sp³-hybridized carbons (Fsp3) is 0.0909. The van der Waals surface area contributed by atoms with Crippen molar-refractivity contribution in [1.82, 2.24) is 9.78 Å². The second-order valence-electron chi connectivity index (χ2n) is 3.26. The molecule has 0 aliphatic heterocycles. The van der Waals surface area contributed by atoms with Crippen LogP contribution in [0.1, 0.15) is 5.56 Å². The van der Waals surface area contributed by atoms with E-state index in [-0.39, 0.29) is 6.03 Å². The van der Waals surface area contributed by atoms with Crippen molar-refractivity contribution in [3.05, 3.63) is 48.3 Å². The topological polar surface area (TPSA) is 46.9 Å². The molecule has 0 saturated carbocycles. The molecule has 1 N–H and O–H groups in total. The molecule has 0 saturated heterocycles. The van der Waals surface area contributed by atoms with Crippen molar-refractivity contribution in [3.63, 3.8) is 0 Å². The number of aryl methyl sites for hydroxylation is 1. The van der Waals surface area contributed by atoms with Crippen LogP contribution < -0.4 is 5.32 Å². The van der Waals surface area contributed by atoms with Crippen molar-refractivity contribution in [2.75, 3.05) is 5.32 Å². The average molecular weight is 201 g/mol. The Kier molecular flexibility index (Phi) is 2.49. The maximum Gasteiger partial charge on any atom is 0.346 e. The summed E-state index contributed by atoms with van der Waals surface area (Å²) in [7, 11) is 0. The van der Waals surface area contributed by atoms with Crippen LogP contribution >= 0.6 is 0 Å². The molecule has 1 aromatic heterocycles. The maximum absolute atomic E-state index is 11.6. The fourth-order valence-electron chi connectivity index (χ4n) is 1.23. The van der Waals surface area contributed by atoms with Gasteiger partial charge in [-0.05, 0) is 24.6 Å². The van der Waals surface area contributed by atoms with E-state index in [0.29, 0.717) is 0 Å². The fourth-order valence-corrected chi connectivity index (χ4v) is 1.23. The number of benzene rings is 1. The van der Waals surface area contributed by atoms with E-state index in [1.807, 2.05) is 37.3 Å². The van der Waals surface area contributed by atoms with Gasteiger partial charge in [0.15, 0.2) is 0 Å². The van der Waals surface area contributed by atoms with Crippen LogP contribution in [0.5, 0.6) is 0 Å². The number of nitrogens with zero attached hydrogens (tertiary/aromatic N) is 2. The van der Waals surface area contributed by atoms with Gasteiger partial charge in [-0.25, -0.2) is 4.79 Å². The van der Waals surface area contributed by atoms with Gasteiger partial charge in [0, 0.05) is 11.9 Å². The molecular formula is C11H11N3O. The summed E-state index contributed by atoms with van der Waals surface area (Å²) >= 11 is 0. The van der Waals surface area contributed by atoms with E-state index in [9.17, 15) is 4.79 Å². The second kappa shape index (κ2) is 3.96. The summed E-state index contributed by atoms with van der Waals surface area (Å²) in [4.78, 5) is 11.6. The number of carbonyl (C=O) groups excluding carboxylic acids is 1. The van der Waals surface area contributed by atoms with Gasteiger partial charge in [0.05, 0.1) is 6.20 Å². The van der Waals surface area contributed by atoms with Crippen molar-refractivity contribution in [3.8, 4) is 0 Å². The van der Waals surface area contributed by atoms with Crippen LogP contribution in [0.4, 0.5) is 10.5 Å². The monoisotopic (exact) mass is 201 g/mol. The lowest BCUT2D eigenvalue weighted by atomic mass is 10.3. The third-order valence-corrected chi connectivity index (χ3v) is 1.94. The summed E-state index contributed by atoms with van der Waals surface area (Å²) in [6, 6.07) is 9.03. The SMILES string of the molecule is Cc1cnn(C(=O)Nc2ccccc2)c1. The number of aromatic nitrogens is 2. The van der Waals surface area contributed by atoms with E-state index < -0.39 is 0 Å². The molecule has 0 radical (unpaired) electrons. The molecule has 0 aliphatic rings. The Hall–Kier alpha value is -2.10. The zero-order chi connectivity index (χ0) is 10.7. The third-order valence-electron chi connectivity index (χ3n) is 1.94. The average Bonchev–Trinajstić information content (AvgIpc) is 2.66. The minimum atomic E-state index is -0.255. The van der Waals surface area contributed by atoms with Crippen LogP contribution in [-0.4, -0.2) is 15.8 Å². The van der Waals surface area contributed by atoms with Crippen LogP contribution in [0.3, 0.4) is 0 Å². The van der Waals surface area contributed by atoms with Crippen molar-refractivity contribution >= 4 is 11.7 Å². The number of para-hydroxylation sites is 1. The summed E-state index contributed by atoms with van der Waals surface area (Å²) < 4.78 is 1.28. The highest BCUT2D eigenvalue weighted by atomic mass is 16.2. The molecule has 15 heavy (non-hydrogen) atoms. The summed E-state index contributed by atoms with van der Waals surface area (Å²) in [5.74, 6) is 0. The van der Waals surface area contributed by atoms with Crippen LogP contribution in [0, 0.1) is 6.92 Å². The Labute approximate surface area is 87.5 Å². The Morgan fingerprint density at radius 1 is 1.33 bits per heavy atom. The molecule has 0 bridgehead atoms. The summed E-state index contributed by atoms with van der Waals surface area (Å²) in [5, 5.41) is 6.65. The summed E-state index contributed by atoms with van der Waals surface area (Å²) in [6.45, 7) is 1.89. The number of hydrogen-bond donors (Lipinski definition) is 1. The highest BCUT2D eigenvalue weighted by molar-refractivity contribution is 5.90. The Morgan fingerprint density at radius 3 is 2.67 bits per heavy atom. The second-order valence-corrected chi connectivity index (χ2v) is 3.26. The van der Waals surface area contributed by atoms with E-state index in [1.165, 1.54) is 4.68 Å². The van der Waals surface area contributed by atoms with E-state index in [1.54, 1.807) is 12.4 Å². The smallest absolute Gasteiger partial charge is 0.306 e. The van der Waals surface area contributed by atoms with Gasteiger partial charge in [-0.2, -0.15) is 9.78 Å². The van der Waals surface area contributed by atoms with Crippen molar-refractivity contribution in [2.24, 2.45) is 0 Å². The quantitative estimate of drug-likeness (QED) is 0.769. The van der Waals surface area contributed by atoms with Gasteiger partial charge in [-0.1, -0.05) is 18.2 Å². The van der Waals surface area contributed by atoms with Gasteiger partial charge in [-0.3, -0.25) is 0 Å². The largest absolute Gasteiger partial charge is 0.346 e. The lowest BCUT2D eigenvalue weighted by molar-refractivity contribution is 0.251. The number of carbonyl (C=O) groups is 1. The Balaban J connectivity index is 2.11. The molecule has 0 fully saturated rings. The molecule has 1 amide bonds. The standard InChI is InChI=1S/C11H11N3O/c1-9-7-12-14(8-9)11(15)13-10-5-3-2-4-6-10/h2-8H,1H3,(H,13,15). The number of amides is 1. The third kappa shape index (κ3) is 2.22. The van der Waals surface area contributed by atoms with Crippen molar-refractivity contribution in [1.29, 1.82) is 0 Å². The minimum Gasteiger partial charge on any atom is -0.306 e. The Bertz CT molecular complexity index is 462. The van der Waals surface area contributed by atoms with E-state index in [0.717, 1.165) is 11.3 Å². The highest BCUT2D eigenvalue weighted by Gasteiger charge is 2.04. The highest BCUT2D eigenvalue weighted by Crippen LogP contribution is 2.05. The molecule has 2 aromatic rings. The molecule has 1 heterocycles. The summed E-state index contributed by atoms with van der Waals surface area (Å²) in [6.07, 6.45) is 3.32. The molecule has 0 unspecified atom stereocenters. The zero-order valence-corrected chi connectivity index (χ0v) is 8.34. The number of hydrogen-bond acceptors (Lipinski definition) is 2. The van der Waals surface area contributed by atoms with Gasteiger partial charge in [0.25, 0.3) is 0 Å². The van der Waals surface area contributed by atoms with Gasteiger partial charge in [-0.15, -0.1) is 0 Å². The lowest BCUT2D eigenvalue weighted by Gasteiger charge is -2.03. The number of nitrogens with one attached hydrogen (secondary N) is 1. The van der Waals surface area contributed by atoms with E-state index in [2.05, 4.69) is 10.4 Å². The van der Waals surface area contributed by atoms with Crippen LogP contribution in [0.2, 0.25) is 0 Å². The predicted molar refractivity (Wildman–Crippen MR) is 57.8 cm³/mol. The van der Waals surface area contributed by atoms with Crippen molar-refractivity contribution in [2.45, 2.75) is 6.92 Å². The molecular weight excluding hydrogens is 190 g/mol. The van der Waals surface area contributed by atoms with Crippen LogP contribution in [-0.2, 0) is 0 Å². The first kappa shape index (κ1) is 9.45. The first-order chi connectivity index (χ1) is 7.25. The van der Waals surface area contributed by atoms with E-state index >= 15 is 0 Å². The van der Waals surface area contributed by atoms with Crippen LogP contribution in [0.15, 0.2) is 42.7 Å². The molecule has 76 valence electrons. The molecule has 0 spiro atoms. The molecule has 0 atom stereocenters. The van der Waals surface area contributed by atoms with Gasteiger partial charge < -0.3 is 5.32 Å². The normalized spacial score (nSPS) is 9.93. The molecule has 4 nitrogen and oxygen atoms in total. The zero-order valence-electron chi connectivity index (χ0n) is 8.34. The number of anilines is 1. The summed E-state index contributed by atoms with van der Waals surface area (Å²) in [5.41, 5.74) is 1.72. The predicted octanol–water partition coefficient (Wildman–Crippen LogP) is 2.27. The van der Waals surface area contributed by atoms with Crippen molar-refractivity contribution < 1.29 is 4.79 Å². The van der Waals surface area contributed by atoms with Gasteiger partial charge in [0.2, 0.25) is 0 Å². The molecule has 2 rings (SSSR count). The Morgan fingerprint density at radius 2 is 2.07 bits per heavy atom. The maximum atomic E-state index is 11.6. The van der Waals surface area contributed by atoms with Gasteiger partial charge in [0.1, 0.15) is 0 Å². The number of rotatable bonds is 1.